The Morgan fingerprint density at radius 2 is 2.13 bits per heavy atom. The molecule has 2 aliphatic rings. The maximum absolute atomic E-state index is 13.1. The van der Waals surface area contributed by atoms with Crippen molar-refractivity contribution >= 4 is 34.1 Å². The van der Waals surface area contributed by atoms with Crippen molar-refractivity contribution in [2.45, 2.75) is 57.2 Å². The summed E-state index contributed by atoms with van der Waals surface area (Å²) in [6.45, 7) is 10.5. The molecule has 2 aromatic heterocycles. The van der Waals surface area contributed by atoms with Gasteiger partial charge in [-0.2, -0.15) is 0 Å². The van der Waals surface area contributed by atoms with Gasteiger partial charge in [-0.1, -0.05) is 19.9 Å². The summed E-state index contributed by atoms with van der Waals surface area (Å²) in [6, 6.07) is 7.11. The van der Waals surface area contributed by atoms with E-state index in [9.17, 15) is 9.59 Å². The van der Waals surface area contributed by atoms with Gasteiger partial charge in [0.25, 0.3) is 0 Å². The summed E-state index contributed by atoms with van der Waals surface area (Å²) >= 11 is 1.55. The largest absolute Gasteiger partial charge is 0.497 e. The molecule has 4 unspecified atom stereocenters. The van der Waals surface area contributed by atoms with Crippen molar-refractivity contribution in [2.24, 2.45) is 5.92 Å². The van der Waals surface area contributed by atoms with E-state index < -0.39 is 17.6 Å². The number of hydrogen-bond acceptors (Lipinski definition) is 9. The molecule has 1 aliphatic heterocycles. The fraction of sp³-hybridized carbons (Fsp3) is 0.448. The monoisotopic (exact) mass is 550 g/mol. The Balaban J connectivity index is 1.35. The van der Waals surface area contributed by atoms with Crippen molar-refractivity contribution in [3.05, 3.63) is 48.0 Å². The van der Waals surface area contributed by atoms with Crippen LogP contribution in [0.3, 0.4) is 0 Å². The van der Waals surface area contributed by atoms with E-state index in [1.807, 2.05) is 24.3 Å². The maximum atomic E-state index is 13.1. The zero-order chi connectivity index (χ0) is 27.7. The van der Waals surface area contributed by atoms with Crippen molar-refractivity contribution < 1.29 is 23.8 Å². The predicted octanol–water partition coefficient (Wildman–Crippen LogP) is 4.22. The Kier molecular flexibility index (Phi) is 7.59. The molecule has 1 aliphatic carbocycles. The molecule has 3 aromatic rings. The topological polar surface area (TPSA) is 112 Å². The molecule has 1 saturated heterocycles. The second kappa shape index (κ2) is 10.9. The molecule has 9 nitrogen and oxygen atoms in total. The van der Waals surface area contributed by atoms with Gasteiger partial charge in [-0.05, 0) is 31.4 Å². The fourth-order valence-corrected chi connectivity index (χ4v) is 5.86. The standard InChI is InChI=1S/C29H34N4O5S/c1-6-17-13-29(17,28(35)37-7-2)33-26(34)22-11-19(14-30-22)38-25-12-23(27-32-24(15-39-27)16(3)4)31-21-10-18(36-5)8-9-20(21)25/h6,8-10,12,15-17,19,22,30H,1,7,11,13-14H2,2-5H3,(H,33,34). The molecule has 0 spiro atoms. The van der Waals surface area contributed by atoms with Crippen LogP contribution in [-0.4, -0.2) is 59.8 Å². The molecule has 0 bridgehead atoms. The highest BCUT2D eigenvalue weighted by Gasteiger charge is 2.61. The van der Waals surface area contributed by atoms with E-state index in [0.29, 0.717) is 36.8 Å². The van der Waals surface area contributed by atoms with Crippen LogP contribution in [0.5, 0.6) is 11.5 Å². The lowest BCUT2D eigenvalue weighted by Gasteiger charge is -2.20. The minimum atomic E-state index is -1.02. The summed E-state index contributed by atoms with van der Waals surface area (Å²) in [5.74, 6) is 0.904. The third-order valence-electron chi connectivity index (χ3n) is 7.30. The summed E-state index contributed by atoms with van der Waals surface area (Å²) in [5, 5.41) is 9.90. The van der Waals surface area contributed by atoms with E-state index in [1.165, 1.54) is 0 Å². The van der Waals surface area contributed by atoms with Crippen LogP contribution in [0.2, 0.25) is 0 Å². The number of nitrogens with one attached hydrogen (secondary N) is 2. The van der Waals surface area contributed by atoms with Crippen molar-refractivity contribution in [1.82, 2.24) is 20.6 Å². The first-order valence-corrected chi connectivity index (χ1v) is 14.1. The smallest absolute Gasteiger partial charge is 0.332 e. The Labute approximate surface area is 232 Å². The highest BCUT2D eigenvalue weighted by atomic mass is 32.1. The first-order chi connectivity index (χ1) is 18.8. The molecular formula is C29H34N4O5S. The molecule has 1 amide bonds. The van der Waals surface area contributed by atoms with Crippen LogP contribution in [0, 0.1) is 5.92 Å². The van der Waals surface area contributed by atoms with Crippen molar-refractivity contribution in [3.8, 4) is 22.2 Å². The number of amides is 1. The van der Waals surface area contributed by atoms with Crippen LogP contribution < -0.4 is 20.1 Å². The number of fused-ring (bicyclic) bond motifs is 1. The van der Waals surface area contributed by atoms with E-state index in [-0.39, 0.29) is 24.5 Å². The molecule has 4 atom stereocenters. The van der Waals surface area contributed by atoms with Crippen LogP contribution >= 0.6 is 11.3 Å². The average molecular weight is 551 g/mol. The van der Waals surface area contributed by atoms with Crippen LogP contribution in [0.15, 0.2) is 42.3 Å². The van der Waals surface area contributed by atoms with E-state index in [2.05, 4.69) is 36.4 Å². The van der Waals surface area contributed by atoms with E-state index >= 15 is 0 Å². The van der Waals surface area contributed by atoms with Gasteiger partial charge in [-0.15, -0.1) is 17.9 Å². The Morgan fingerprint density at radius 3 is 2.79 bits per heavy atom. The van der Waals surface area contributed by atoms with E-state index in [1.54, 1.807) is 31.4 Å². The lowest BCUT2D eigenvalue weighted by Crippen LogP contribution is -2.51. The third kappa shape index (κ3) is 5.35. The SMILES string of the molecule is C=CC1CC1(NC(=O)C1CC(Oc2cc(-c3nc(C(C)C)cs3)nc3cc(OC)ccc23)CN1)C(=O)OCC. The number of pyridine rings is 1. The number of hydrogen-bond donors (Lipinski definition) is 2. The summed E-state index contributed by atoms with van der Waals surface area (Å²) < 4.78 is 17.1. The summed E-state index contributed by atoms with van der Waals surface area (Å²) in [4.78, 5) is 35.3. The maximum Gasteiger partial charge on any atom is 0.332 e. The zero-order valence-electron chi connectivity index (χ0n) is 22.7. The lowest BCUT2D eigenvalue weighted by atomic mass is 10.1. The number of ether oxygens (including phenoxy) is 3. The van der Waals surface area contributed by atoms with Gasteiger partial charge in [0.05, 0.1) is 31.0 Å². The van der Waals surface area contributed by atoms with Gasteiger partial charge in [0.1, 0.15) is 33.8 Å². The third-order valence-corrected chi connectivity index (χ3v) is 8.18. The molecule has 3 heterocycles. The highest BCUT2D eigenvalue weighted by molar-refractivity contribution is 7.13. The number of aromatic nitrogens is 2. The minimum Gasteiger partial charge on any atom is -0.497 e. The fourth-order valence-electron chi connectivity index (χ4n) is 4.92. The Bertz CT molecular complexity index is 1410. The Morgan fingerprint density at radius 1 is 1.31 bits per heavy atom. The number of carbonyl (C=O) groups is 2. The first-order valence-electron chi connectivity index (χ1n) is 13.2. The molecular weight excluding hydrogens is 516 g/mol. The number of carbonyl (C=O) groups excluding carboxylic acids is 2. The van der Waals surface area contributed by atoms with E-state index in [4.69, 9.17) is 24.2 Å². The van der Waals surface area contributed by atoms with Gasteiger partial charge in [-0.25, -0.2) is 14.8 Å². The van der Waals surface area contributed by atoms with Gasteiger partial charge in [0, 0.05) is 41.8 Å². The Hall–Kier alpha value is -3.50. The quantitative estimate of drug-likeness (QED) is 0.285. The predicted molar refractivity (Wildman–Crippen MR) is 150 cm³/mol. The van der Waals surface area contributed by atoms with Gasteiger partial charge in [0.2, 0.25) is 5.91 Å². The number of rotatable bonds is 10. The average Bonchev–Trinajstić information content (AvgIpc) is 3.25. The number of nitrogens with zero attached hydrogens (tertiary/aromatic N) is 2. The molecule has 1 saturated carbocycles. The molecule has 2 N–H and O–H groups in total. The second-order valence-corrected chi connectivity index (χ2v) is 11.1. The summed E-state index contributed by atoms with van der Waals surface area (Å²) in [7, 11) is 1.62. The van der Waals surface area contributed by atoms with Crippen LogP contribution in [-0.2, 0) is 14.3 Å². The number of methoxy groups -OCH3 is 1. The van der Waals surface area contributed by atoms with Gasteiger partial charge >= 0.3 is 5.97 Å². The van der Waals surface area contributed by atoms with Crippen LogP contribution in [0.25, 0.3) is 21.6 Å². The van der Waals surface area contributed by atoms with E-state index in [0.717, 1.165) is 27.3 Å². The number of thiazole rings is 1. The molecule has 1 aromatic carbocycles. The molecule has 0 radical (unpaired) electrons. The normalized spacial score (nSPS) is 24.0. The van der Waals surface area contributed by atoms with Gasteiger partial charge in [-0.3, -0.25) is 4.79 Å². The van der Waals surface area contributed by atoms with Gasteiger partial charge in [0.15, 0.2) is 0 Å². The second-order valence-electron chi connectivity index (χ2n) is 10.3. The van der Waals surface area contributed by atoms with Crippen LogP contribution in [0.1, 0.15) is 45.2 Å². The van der Waals surface area contributed by atoms with Crippen molar-refractivity contribution in [3.63, 3.8) is 0 Å². The molecule has 5 rings (SSSR count). The molecule has 206 valence electrons. The summed E-state index contributed by atoms with van der Waals surface area (Å²) in [5.41, 5.74) is 1.47. The van der Waals surface area contributed by atoms with Crippen molar-refractivity contribution in [2.75, 3.05) is 20.3 Å². The zero-order valence-corrected chi connectivity index (χ0v) is 23.5. The number of esters is 1. The minimum absolute atomic E-state index is 0.130. The lowest BCUT2D eigenvalue weighted by molar-refractivity contribution is -0.149. The molecule has 2 fully saturated rings. The van der Waals surface area contributed by atoms with Crippen molar-refractivity contribution in [1.29, 1.82) is 0 Å². The van der Waals surface area contributed by atoms with Crippen LogP contribution in [0.4, 0.5) is 0 Å². The molecule has 10 heteroatoms. The molecule has 39 heavy (non-hydrogen) atoms. The highest BCUT2D eigenvalue weighted by Crippen LogP contribution is 2.45. The van der Waals surface area contributed by atoms with Gasteiger partial charge < -0.3 is 24.8 Å². The number of benzene rings is 1. The summed E-state index contributed by atoms with van der Waals surface area (Å²) in [6.07, 6.45) is 2.39. The first kappa shape index (κ1) is 27.1.